The summed E-state index contributed by atoms with van der Waals surface area (Å²) in [4.78, 5) is 7.19. The molecule has 68 valence electrons. The molecule has 0 saturated carbocycles. The molecule has 0 saturated heterocycles. The van der Waals surface area contributed by atoms with Gasteiger partial charge >= 0.3 is 0 Å². The largest absolute Gasteiger partial charge is 0.399 e. The zero-order chi connectivity index (χ0) is 9.42. The third-order valence-corrected chi connectivity index (χ3v) is 2.01. The van der Waals surface area contributed by atoms with Gasteiger partial charge in [0.25, 0.3) is 0 Å². The molecule has 1 heterocycles. The average Bonchev–Trinajstić information content (AvgIpc) is 2.47. The molecular formula is C9H11N3O. The second kappa shape index (κ2) is 2.74. The molecule has 0 aliphatic heterocycles. The van der Waals surface area contributed by atoms with E-state index >= 15 is 0 Å². The average molecular weight is 177 g/mol. The molecule has 2 aromatic rings. The van der Waals surface area contributed by atoms with Crippen LogP contribution in [0.4, 0.5) is 5.69 Å². The molecule has 0 aliphatic rings. The van der Waals surface area contributed by atoms with Crippen molar-refractivity contribution in [1.82, 2.24) is 9.97 Å². The van der Waals surface area contributed by atoms with Gasteiger partial charge in [-0.05, 0) is 24.6 Å². The van der Waals surface area contributed by atoms with Crippen LogP contribution in [0.5, 0.6) is 0 Å². The highest BCUT2D eigenvalue weighted by molar-refractivity contribution is 5.82. The number of nitrogen functional groups attached to an aromatic ring is 1. The van der Waals surface area contributed by atoms with Gasteiger partial charge in [-0.2, -0.15) is 0 Å². The first kappa shape index (κ1) is 8.07. The zero-order valence-corrected chi connectivity index (χ0v) is 7.33. The molecular weight excluding hydrogens is 166 g/mol. The Morgan fingerprint density at radius 1 is 1.54 bits per heavy atom. The van der Waals surface area contributed by atoms with Crippen molar-refractivity contribution in [2.24, 2.45) is 0 Å². The van der Waals surface area contributed by atoms with E-state index in [0.717, 1.165) is 16.6 Å². The van der Waals surface area contributed by atoms with Gasteiger partial charge in [0.2, 0.25) is 0 Å². The number of aliphatic hydroxyl groups is 1. The molecule has 4 N–H and O–H groups in total. The smallest absolute Gasteiger partial charge is 0.133 e. The van der Waals surface area contributed by atoms with Crippen LogP contribution in [0.25, 0.3) is 11.0 Å². The van der Waals surface area contributed by atoms with Crippen molar-refractivity contribution in [2.45, 2.75) is 13.5 Å². The van der Waals surface area contributed by atoms with Crippen molar-refractivity contribution in [2.75, 3.05) is 5.73 Å². The molecule has 0 spiro atoms. The number of hydrogen-bond donors (Lipinski definition) is 3. The fraction of sp³-hybridized carbons (Fsp3) is 0.222. The molecule has 0 bridgehead atoms. The Morgan fingerprint density at radius 2 is 2.31 bits per heavy atom. The summed E-state index contributed by atoms with van der Waals surface area (Å²) >= 11 is 0. The Morgan fingerprint density at radius 3 is 3.00 bits per heavy atom. The number of fused-ring (bicyclic) bond motifs is 1. The monoisotopic (exact) mass is 177 g/mol. The number of aliphatic hydroxyl groups excluding tert-OH is 1. The lowest BCUT2D eigenvalue weighted by atomic mass is 10.2. The molecule has 0 aliphatic carbocycles. The van der Waals surface area contributed by atoms with Crippen LogP contribution in [0.1, 0.15) is 11.4 Å². The van der Waals surface area contributed by atoms with E-state index in [2.05, 4.69) is 9.97 Å². The third-order valence-electron chi connectivity index (χ3n) is 2.01. The van der Waals surface area contributed by atoms with E-state index in [1.54, 1.807) is 6.07 Å². The highest BCUT2D eigenvalue weighted by Gasteiger charge is 2.04. The van der Waals surface area contributed by atoms with Crippen LogP contribution in [0.15, 0.2) is 12.1 Å². The lowest BCUT2D eigenvalue weighted by Crippen LogP contribution is -1.86. The quantitative estimate of drug-likeness (QED) is 0.567. The summed E-state index contributed by atoms with van der Waals surface area (Å²) in [5, 5.41) is 8.87. The van der Waals surface area contributed by atoms with Gasteiger partial charge < -0.3 is 15.8 Å². The van der Waals surface area contributed by atoms with Crippen molar-refractivity contribution < 1.29 is 5.11 Å². The summed E-state index contributed by atoms with van der Waals surface area (Å²) in [5.41, 5.74) is 9.15. The molecule has 4 heteroatoms. The molecule has 0 amide bonds. The lowest BCUT2D eigenvalue weighted by molar-refractivity contribution is 0.273. The second-order valence-corrected chi connectivity index (χ2v) is 3.07. The van der Waals surface area contributed by atoms with Crippen LogP contribution in [0.3, 0.4) is 0 Å². The SMILES string of the molecule is Cc1cc(N)cc2nc(CO)[nH]c12. The maximum absolute atomic E-state index is 8.87. The number of anilines is 1. The number of nitrogens with one attached hydrogen (secondary N) is 1. The maximum atomic E-state index is 8.87. The summed E-state index contributed by atoms with van der Waals surface area (Å²) in [6, 6.07) is 3.67. The second-order valence-electron chi connectivity index (χ2n) is 3.07. The van der Waals surface area contributed by atoms with Gasteiger partial charge in [0, 0.05) is 5.69 Å². The molecule has 13 heavy (non-hydrogen) atoms. The van der Waals surface area contributed by atoms with Gasteiger partial charge in [0.1, 0.15) is 12.4 Å². The number of aromatic nitrogens is 2. The Labute approximate surface area is 75.4 Å². The highest BCUT2D eigenvalue weighted by Crippen LogP contribution is 2.19. The molecule has 0 unspecified atom stereocenters. The maximum Gasteiger partial charge on any atom is 0.133 e. The minimum atomic E-state index is -0.0754. The summed E-state index contributed by atoms with van der Waals surface area (Å²) in [6.07, 6.45) is 0. The van der Waals surface area contributed by atoms with Gasteiger partial charge in [-0.3, -0.25) is 0 Å². The van der Waals surface area contributed by atoms with Crippen LogP contribution < -0.4 is 5.73 Å². The van der Waals surface area contributed by atoms with Crippen molar-refractivity contribution >= 4 is 16.7 Å². The van der Waals surface area contributed by atoms with Crippen LogP contribution in [0, 0.1) is 6.92 Å². The number of hydrogen-bond acceptors (Lipinski definition) is 3. The molecule has 0 radical (unpaired) electrons. The standard InChI is InChI=1S/C9H11N3O/c1-5-2-6(10)3-7-9(5)12-8(4-13)11-7/h2-3,13H,4,10H2,1H3,(H,11,12). The molecule has 4 nitrogen and oxygen atoms in total. The highest BCUT2D eigenvalue weighted by atomic mass is 16.3. The van der Waals surface area contributed by atoms with E-state index in [9.17, 15) is 0 Å². The number of rotatable bonds is 1. The minimum absolute atomic E-state index is 0.0754. The Hall–Kier alpha value is -1.55. The fourth-order valence-electron chi connectivity index (χ4n) is 1.44. The van der Waals surface area contributed by atoms with Gasteiger partial charge in [-0.1, -0.05) is 0 Å². The van der Waals surface area contributed by atoms with Gasteiger partial charge in [-0.25, -0.2) is 4.98 Å². The van der Waals surface area contributed by atoms with Gasteiger partial charge in [0.15, 0.2) is 0 Å². The summed E-state index contributed by atoms with van der Waals surface area (Å²) in [7, 11) is 0. The predicted molar refractivity (Wildman–Crippen MR) is 51.2 cm³/mol. The third kappa shape index (κ3) is 1.25. The Bertz CT molecular complexity index is 447. The minimum Gasteiger partial charge on any atom is -0.399 e. The molecule has 0 atom stereocenters. The number of aryl methyl sites for hydroxylation is 1. The topological polar surface area (TPSA) is 74.9 Å². The Kier molecular flexibility index (Phi) is 1.70. The zero-order valence-electron chi connectivity index (χ0n) is 7.33. The van der Waals surface area contributed by atoms with E-state index in [1.807, 2.05) is 13.0 Å². The molecule has 1 aromatic heterocycles. The molecule has 0 fully saturated rings. The van der Waals surface area contributed by atoms with E-state index < -0.39 is 0 Å². The van der Waals surface area contributed by atoms with Crippen LogP contribution in [-0.2, 0) is 6.61 Å². The number of nitrogens with two attached hydrogens (primary N) is 1. The van der Waals surface area contributed by atoms with Crippen molar-refractivity contribution in [3.05, 3.63) is 23.5 Å². The molecule has 1 aromatic carbocycles. The first-order valence-corrected chi connectivity index (χ1v) is 4.06. The van der Waals surface area contributed by atoms with E-state index in [0.29, 0.717) is 11.5 Å². The molecule has 2 rings (SSSR count). The number of aromatic amines is 1. The fourth-order valence-corrected chi connectivity index (χ4v) is 1.44. The predicted octanol–water partition coefficient (Wildman–Crippen LogP) is 0.946. The Balaban J connectivity index is 2.75. The van der Waals surface area contributed by atoms with Crippen molar-refractivity contribution in [1.29, 1.82) is 0 Å². The summed E-state index contributed by atoms with van der Waals surface area (Å²) in [5.74, 6) is 0.573. The lowest BCUT2D eigenvalue weighted by Gasteiger charge is -1.96. The van der Waals surface area contributed by atoms with E-state index in [1.165, 1.54) is 0 Å². The van der Waals surface area contributed by atoms with Crippen LogP contribution in [0.2, 0.25) is 0 Å². The van der Waals surface area contributed by atoms with Gasteiger partial charge in [0.05, 0.1) is 11.0 Å². The number of nitrogens with zero attached hydrogens (tertiary/aromatic N) is 1. The van der Waals surface area contributed by atoms with Gasteiger partial charge in [-0.15, -0.1) is 0 Å². The van der Waals surface area contributed by atoms with Crippen molar-refractivity contribution in [3.63, 3.8) is 0 Å². The van der Waals surface area contributed by atoms with E-state index in [-0.39, 0.29) is 6.61 Å². The number of imidazole rings is 1. The first-order chi connectivity index (χ1) is 6.20. The summed E-state index contributed by atoms with van der Waals surface area (Å²) in [6.45, 7) is 1.88. The number of benzene rings is 1. The summed E-state index contributed by atoms with van der Waals surface area (Å²) < 4.78 is 0. The number of H-pyrrole nitrogens is 1. The normalized spacial score (nSPS) is 10.9. The van der Waals surface area contributed by atoms with Crippen LogP contribution >= 0.6 is 0 Å². The van der Waals surface area contributed by atoms with E-state index in [4.69, 9.17) is 10.8 Å². The van der Waals surface area contributed by atoms with Crippen molar-refractivity contribution in [3.8, 4) is 0 Å². The van der Waals surface area contributed by atoms with Crippen LogP contribution in [-0.4, -0.2) is 15.1 Å². The first-order valence-electron chi connectivity index (χ1n) is 4.06.